The van der Waals surface area contributed by atoms with Crippen LogP contribution >= 0.6 is 0 Å². The van der Waals surface area contributed by atoms with E-state index >= 15 is 0 Å². The van der Waals surface area contributed by atoms with Gasteiger partial charge in [0.05, 0.1) is 12.2 Å². The summed E-state index contributed by atoms with van der Waals surface area (Å²) in [5.41, 5.74) is 0. The lowest BCUT2D eigenvalue weighted by Gasteiger charge is -2.20. The van der Waals surface area contributed by atoms with Crippen LogP contribution in [0.4, 0.5) is 0 Å². The summed E-state index contributed by atoms with van der Waals surface area (Å²) >= 11 is 0. The van der Waals surface area contributed by atoms with Crippen molar-refractivity contribution in [2.75, 3.05) is 0 Å². The van der Waals surface area contributed by atoms with Gasteiger partial charge in [0.1, 0.15) is 0 Å². The van der Waals surface area contributed by atoms with E-state index < -0.39 is 6.10 Å². The molecule has 0 saturated heterocycles. The summed E-state index contributed by atoms with van der Waals surface area (Å²) in [4.78, 5) is 0. The Morgan fingerprint density at radius 1 is 1.18 bits per heavy atom. The standard InChI is InChI=1S/C9H20O2/c1-4-5-6-9(11)7(2)8(3)10/h7-11H,4-6H2,1-3H3. The van der Waals surface area contributed by atoms with Crippen molar-refractivity contribution in [3.8, 4) is 0 Å². The third-order valence-corrected chi connectivity index (χ3v) is 2.22. The van der Waals surface area contributed by atoms with Crippen LogP contribution < -0.4 is 0 Å². The predicted molar refractivity (Wildman–Crippen MR) is 46.4 cm³/mol. The summed E-state index contributed by atoms with van der Waals surface area (Å²) in [6, 6.07) is 0. The van der Waals surface area contributed by atoms with Crippen LogP contribution in [-0.2, 0) is 0 Å². The minimum absolute atomic E-state index is 0.00144. The first-order valence-electron chi connectivity index (χ1n) is 4.45. The molecule has 2 heteroatoms. The molecule has 0 fully saturated rings. The maximum atomic E-state index is 9.46. The minimum Gasteiger partial charge on any atom is -0.393 e. The first-order chi connectivity index (χ1) is 5.09. The molecule has 2 N–H and O–H groups in total. The summed E-state index contributed by atoms with van der Waals surface area (Å²) < 4.78 is 0. The third-order valence-electron chi connectivity index (χ3n) is 2.22. The number of rotatable bonds is 5. The Hall–Kier alpha value is -0.0800. The molecule has 0 aromatic carbocycles. The van der Waals surface area contributed by atoms with Crippen molar-refractivity contribution in [3.05, 3.63) is 0 Å². The van der Waals surface area contributed by atoms with Crippen LogP contribution in [0.1, 0.15) is 40.0 Å². The summed E-state index contributed by atoms with van der Waals surface area (Å²) in [5, 5.41) is 18.6. The van der Waals surface area contributed by atoms with Crippen molar-refractivity contribution in [2.45, 2.75) is 52.2 Å². The molecule has 0 bridgehead atoms. The van der Waals surface area contributed by atoms with Gasteiger partial charge in [-0.2, -0.15) is 0 Å². The second-order valence-corrected chi connectivity index (χ2v) is 3.31. The highest BCUT2D eigenvalue weighted by Crippen LogP contribution is 2.13. The molecule has 2 nitrogen and oxygen atoms in total. The topological polar surface area (TPSA) is 40.5 Å². The zero-order valence-corrected chi connectivity index (χ0v) is 7.75. The van der Waals surface area contributed by atoms with Crippen LogP contribution in [0.2, 0.25) is 0 Å². The van der Waals surface area contributed by atoms with Crippen LogP contribution in [0, 0.1) is 5.92 Å². The SMILES string of the molecule is CCCCC(O)C(C)C(C)O. The van der Waals surface area contributed by atoms with Crippen LogP contribution in [0.5, 0.6) is 0 Å². The summed E-state index contributed by atoms with van der Waals surface area (Å²) in [5.74, 6) is 0.00144. The molecule has 3 unspecified atom stereocenters. The molecular weight excluding hydrogens is 140 g/mol. The second-order valence-electron chi connectivity index (χ2n) is 3.31. The molecule has 0 aliphatic heterocycles. The van der Waals surface area contributed by atoms with Crippen LogP contribution in [0.15, 0.2) is 0 Å². The minimum atomic E-state index is -0.401. The van der Waals surface area contributed by atoms with Gasteiger partial charge in [0.25, 0.3) is 0 Å². The van der Waals surface area contributed by atoms with E-state index in [1.54, 1.807) is 6.92 Å². The first-order valence-corrected chi connectivity index (χ1v) is 4.45. The monoisotopic (exact) mass is 160 g/mol. The largest absolute Gasteiger partial charge is 0.393 e. The average molecular weight is 160 g/mol. The van der Waals surface area contributed by atoms with Crippen LogP contribution in [0.3, 0.4) is 0 Å². The Kier molecular flexibility index (Phi) is 5.51. The Morgan fingerprint density at radius 3 is 2.09 bits per heavy atom. The highest BCUT2D eigenvalue weighted by atomic mass is 16.3. The van der Waals surface area contributed by atoms with E-state index in [2.05, 4.69) is 6.92 Å². The number of aliphatic hydroxyl groups excluding tert-OH is 2. The van der Waals surface area contributed by atoms with Crippen molar-refractivity contribution in [2.24, 2.45) is 5.92 Å². The van der Waals surface area contributed by atoms with E-state index in [0.29, 0.717) is 0 Å². The summed E-state index contributed by atoms with van der Waals surface area (Å²) in [7, 11) is 0. The van der Waals surface area contributed by atoms with Gasteiger partial charge in [-0.1, -0.05) is 26.7 Å². The Bertz CT molecular complexity index is 91.6. The van der Waals surface area contributed by atoms with Gasteiger partial charge in [-0.15, -0.1) is 0 Å². The zero-order chi connectivity index (χ0) is 8.85. The van der Waals surface area contributed by atoms with Crippen molar-refractivity contribution >= 4 is 0 Å². The van der Waals surface area contributed by atoms with Gasteiger partial charge in [0.15, 0.2) is 0 Å². The molecule has 11 heavy (non-hydrogen) atoms. The lowest BCUT2D eigenvalue weighted by Crippen LogP contribution is -2.27. The van der Waals surface area contributed by atoms with E-state index in [0.717, 1.165) is 19.3 Å². The molecule has 0 aromatic heterocycles. The number of hydrogen-bond acceptors (Lipinski definition) is 2. The van der Waals surface area contributed by atoms with E-state index in [4.69, 9.17) is 5.11 Å². The first kappa shape index (κ1) is 10.9. The maximum Gasteiger partial charge on any atom is 0.0590 e. The highest BCUT2D eigenvalue weighted by molar-refractivity contribution is 4.68. The number of unbranched alkanes of at least 4 members (excludes halogenated alkanes) is 1. The van der Waals surface area contributed by atoms with Crippen molar-refractivity contribution in [1.82, 2.24) is 0 Å². The second kappa shape index (κ2) is 5.56. The van der Waals surface area contributed by atoms with Gasteiger partial charge in [0, 0.05) is 5.92 Å². The molecule has 0 radical (unpaired) electrons. The summed E-state index contributed by atoms with van der Waals surface area (Å²) in [6.45, 7) is 5.70. The molecule has 0 aromatic rings. The lowest BCUT2D eigenvalue weighted by molar-refractivity contribution is 0.0260. The quantitative estimate of drug-likeness (QED) is 0.640. The fourth-order valence-corrected chi connectivity index (χ4v) is 0.998. The predicted octanol–water partition coefficient (Wildman–Crippen LogP) is 1.55. The van der Waals surface area contributed by atoms with Crippen molar-refractivity contribution in [1.29, 1.82) is 0 Å². The van der Waals surface area contributed by atoms with E-state index in [-0.39, 0.29) is 12.0 Å². The Labute approximate surface area is 69.2 Å². The number of hydrogen-bond donors (Lipinski definition) is 2. The van der Waals surface area contributed by atoms with Crippen molar-refractivity contribution in [3.63, 3.8) is 0 Å². The van der Waals surface area contributed by atoms with Crippen LogP contribution in [-0.4, -0.2) is 22.4 Å². The normalized spacial score (nSPS) is 19.4. The van der Waals surface area contributed by atoms with Crippen LogP contribution in [0.25, 0.3) is 0 Å². The molecule has 0 rings (SSSR count). The van der Waals surface area contributed by atoms with Gasteiger partial charge < -0.3 is 10.2 Å². The van der Waals surface area contributed by atoms with E-state index in [1.807, 2.05) is 6.92 Å². The average Bonchev–Trinajstić information content (AvgIpc) is 1.98. The Balaban J connectivity index is 3.55. The van der Waals surface area contributed by atoms with Gasteiger partial charge in [-0.3, -0.25) is 0 Å². The fourth-order valence-electron chi connectivity index (χ4n) is 0.998. The highest BCUT2D eigenvalue weighted by Gasteiger charge is 2.17. The smallest absolute Gasteiger partial charge is 0.0590 e. The molecule has 0 spiro atoms. The van der Waals surface area contributed by atoms with Gasteiger partial charge in [-0.05, 0) is 13.3 Å². The molecule has 0 heterocycles. The zero-order valence-electron chi connectivity index (χ0n) is 7.75. The molecule has 3 atom stereocenters. The lowest BCUT2D eigenvalue weighted by atomic mass is 9.95. The fraction of sp³-hybridized carbons (Fsp3) is 1.00. The van der Waals surface area contributed by atoms with Gasteiger partial charge in [-0.25, -0.2) is 0 Å². The van der Waals surface area contributed by atoms with E-state index in [9.17, 15) is 5.11 Å². The Morgan fingerprint density at radius 2 is 1.73 bits per heavy atom. The molecule has 0 saturated carbocycles. The molecule has 0 aliphatic rings. The van der Waals surface area contributed by atoms with Crippen molar-refractivity contribution < 1.29 is 10.2 Å². The van der Waals surface area contributed by atoms with E-state index in [1.165, 1.54) is 0 Å². The third kappa shape index (κ3) is 4.38. The van der Waals surface area contributed by atoms with Gasteiger partial charge >= 0.3 is 0 Å². The number of aliphatic hydroxyl groups is 2. The molecule has 0 amide bonds. The molecular formula is C9H20O2. The maximum absolute atomic E-state index is 9.46. The molecule has 0 aliphatic carbocycles. The van der Waals surface area contributed by atoms with Gasteiger partial charge in [0.2, 0.25) is 0 Å². The summed E-state index contributed by atoms with van der Waals surface area (Å²) in [6.07, 6.45) is 2.21. The molecule has 68 valence electrons.